The molecule has 0 spiro atoms. The van der Waals surface area contributed by atoms with E-state index < -0.39 is 12.1 Å². The number of aryl methyl sites for hydroxylation is 1. The van der Waals surface area contributed by atoms with Crippen molar-refractivity contribution in [3.63, 3.8) is 0 Å². The molecular weight excluding hydrogens is 348 g/mol. The van der Waals surface area contributed by atoms with Gasteiger partial charge >= 0.3 is 5.97 Å². The van der Waals surface area contributed by atoms with Crippen LogP contribution in [0, 0.1) is 6.92 Å². The largest absolute Gasteiger partial charge is 0.482 e. The van der Waals surface area contributed by atoms with Gasteiger partial charge in [0.1, 0.15) is 12.0 Å². The minimum absolute atomic E-state index is 0.203. The molecule has 0 radical (unpaired) electrons. The highest BCUT2D eigenvalue weighted by Crippen LogP contribution is 2.22. The predicted octanol–water partition coefficient (Wildman–Crippen LogP) is 3.54. The Morgan fingerprint density at radius 2 is 1.81 bits per heavy atom. The number of ether oxygens (including phenoxy) is 2. The summed E-state index contributed by atoms with van der Waals surface area (Å²) in [5.41, 5.74) is 2.45. The van der Waals surface area contributed by atoms with Gasteiger partial charge in [-0.25, -0.2) is 4.79 Å². The summed E-state index contributed by atoms with van der Waals surface area (Å²) in [7, 11) is 0. The zero-order valence-electron chi connectivity index (χ0n) is 14.9. The second-order valence-electron chi connectivity index (χ2n) is 5.92. The molecule has 1 aromatic heterocycles. The normalized spacial score (nSPS) is 11.6. The Hall–Kier alpha value is -3.48. The van der Waals surface area contributed by atoms with E-state index in [1.165, 1.54) is 0 Å². The smallest absolute Gasteiger partial charge is 0.344 e. The number of carbonyl (C=O) groups is 2. The number of benzene rings is 2. The molecule has 0 fully saturated rings. The Balaban J connectivity index is 1.54. The Morgan fingerprint density at radius 1 is 1.11 bits per heavy atom. The molecule has 0 amide bonds. The number of aromatic nitrogens is 2. The lowest BCUT2D eigenvalue weighted by Crippen LogP contribution is -2.17. The van der Waals surface area contributed by atoms with Crippen molar-refractivity contribution in [3.05, 3.63) is 65.5 Å². The Kier molecular flexibility index (Phi) is 5.61. The van der Waals surface area contributed by atoms with Crippen LogP contribution in [-0.2, 0) is 9.53 Å². The molecule has 0 N–H and O–H groups in total. The van der Waals surface area contributed by atoms with E-state index in [2.05, 4.69) is 10.2 Å². The van der Waals surface area contributed by atoms with Gasteiger partial charge in [0, 0.05) is 11.1 Å². The molecule has 0 saturated carbocycles. The number of esters is 1. The van der Waals surface area contributed by atoms with Gasteiger partial charge in [-0.15, -0.1) is 10.2 Å². The van der Waals surface area contributed by atoms with Gasteiger partial charge in [0.05, 0.1) is 0 Å². The summed E-state index contributed by atoms with van der Waals surface area (Å²) in [5.74, 6) is 0.454. The van der Waals surface area contributed by atoms with Crippen LogP contribution < -0.4 is 4.74 Å². The zero-order chi connectivity index (χ0) is 19.2. The Bertz CT molecular complexity index is 916. The van der Waals surface area contributed by atoms with Crippen molar-refractivity contribution >= 4 is 12.3 Å². The van der Waals surface area contributed by atoms with E-state index in [1.54, 1.807) is 31.2 Å². The Morgan fingerprint density at radius 3 is 2.48 bits per heavy atom. The van der Waals surface area contributed by atoms with Crippen LogP contribution in [0.5, 0.6) is 5.75 Å². The molecule has 0 unspecified atom stereocenters. The molecule has 1 heterocycles. The first-order chi connectivity index (χ1) is 13.0. The maximum atomic E-state index is 11.9. The number of nitrogens with zero attached hydrogens (tertiary/aromatic N) is 2. The van der Waals surface area contributed by atoms with Gasteiger partial charge in [0.15, 0.2) is 12.7 Å². The summed E-state index contributed by atoms with van der Waals surface area (Å²) in [6, 6.07) is 14.1. The fourth-order valence-corrected chi connectivity index (χ4v) is 2.28. The minimum Gasteiger partial charge on any atom is -0.482 e. The molecule has 3 aromatic rings. The van der Waals surface area contributed by atoms with Crippen LogP contribution in [0.1, 0.15) is 34.8 Å². The number of aldehydes is 1. The van der Waals surface area contributed by atoms with E-state index >= 15 is 0 Å². The van der Waals surface area contributed by atoms with Crippen LogP contribution in [0.15, 0.2) is 52.9 Å². The molecule has 0 bridgehead atoms. The fraction of sp³-hybridized carbons (Fsp3) is 0.200. The minimum atomic E-state index is -0.703. The molecule has 0 aliphatic rings. The first-order valence-corrected chi connectivity index (χ1v) is 8.33. The molecule has 2 aromatic carbocycles. The predicted molar refractivity (Wildman–Crippen MR) is 96.3 cm³/mol. The van der Waals surface area contributed by atoms with Crippen LogP contribution >= 0.6 is 0 Å². The molecule has 3 rings (SSSR count). The number of hydrogen-bond donors (Lipinski definition) is 0. The van der Waals surface area contributed by atoms with Crippen molar-refractivity contribution < 1.29 is 23.5 Å². The van der Waals surface area contributed by atoms with Crippen molar-refractivity contribution in [1.29, 1.82) is 0 Å². The van der Waals surface area contributed by atoms with Gasteiger partial charge in [-0.05, 0) is 50.2 Å². The van der Waals surface area contributed by atoms with E-state index in [0.717, 1.165) is 17.4 Å². The third-order valence-corrected chi connectivity index (χ3v) is 3.77. The monoisotopic (exact) mass is 366 g/mol. The van der Waals surface area contributed by atoms with Gasteiger partial charge in [-0.3, -0.25) is 4.79 Å². The van der Waals surface area contributed by atoms with Gasteiger partial charge in [0.25, 0.3) is 5.89 Å². The van der Waals surface area contributed by atoms with Gasteiger partial charge in [-0.2, -0.15) is 0 Å². The molecule has 0 aliphatic heterocycles. The van der Waals surface area contributed by atoms with E-state index in [9.17, 15) is 9.59 Å². The van der Waals surface area contributed by atoms with Crippen LogP contribution in [0.2, 0.25) is 0 Å². The zero-order valence-corrected chi connectivity index (χ0v) is 14.9. The quantitative estimate of drug-likeness (QED) is 0.466. The standard InChI is InChI=1S/C20H18N2O5/c1-13-3-7-16(8-4-13)20-22-21-19(27-20)14(2)26-18(24)12-25-17-9-5-15(11-23)6-10-17/h3-11,14H,12H2,1-2H3/t14-/m0/s1. The third kappa shape index (κ3) is 4.78. The van der Waals surface area contributed by atoms with E-state index in [4.69, 9.17) is 13.9 Å². The van der Waals surface area contributed by atoms with E-state index in [0.29, 0.717) is 17.2 Å². The van der Waals surface area contributed by atoms with Crippen molar-refractivity contribution in [3.8, 4) is 17.2 Å². The van der Waals surface area contributed by atoms with Crippen LogP contribution in [0.3, 0.4) is 0 Å². The summed E-state index contributed by atoms with van der Waals surface area (Å²) in [6.45, 7) is 3.36. The molecule has 0 saturated heterocycles. The van der Waals surface area contributed by atoms with Crippen molar-refractivity contribution in [2.75, 3.05) is 6.61 Å². The van der Waals surface area contributed by atoms with Crippen LogP contribution in [-0.4, -0.2) is 29.1 Å². The summed E-state index contributed by atoms with van der Waals surface area (Å²) < 4.78 is 16.2. The van der Waals surface area contributed by atoms with Crippen molar-refractivity contribution in [1.82, 2.24) is 10.2 Å². The van der Waals surface area contributed by atoms with Crippen LogP contribution in [0.25, 0.3) is 11.5 Å². The molecule has 1 atom stereocenters. The van der Waals surface area contributed by atoms with Gasteiger partial charge in [0.2, 0.25) is 5.89 Å². The number of hydrogen-bond acceptors (Lipinski definition) is 7. The molecular formula is C20H18N2O5. The molecule has 138 valence electrons. The molecule has 0 aliphatic carbocycles. The number of rotatable bonds is 7. The average Bonchev–Trinajstić information content (AvgIpc) is 3.18. The third-order valence-electron chi connectivity index (χ3n) is 3.77. The topological polar surface area (TPSA) is 91.5 Å². The van der Waals surface area contributed by atoms with Crippen molar-refractivity contribution in [2.45, 2.75) is 20.0 Å². The average molecular weight is 366 g/mol. The highest BCUT2D eigenvalue weighted by Gasteiger charge is 2.19. The van der Waals surface area contributed by atoms with Gasteiger partial charge < -0.3 is 13.9 Å². The molecule has 7 nitrogen and oxygen atoms in total. The lowest BCUT2D eigenvalue weighted by atomic mass is 10.1. The number of carbonyl (C=O) groups excluding carboxylic acids is 2. The molecule has 7 heteroatoms. The fourth-order valence-electron chi connectivity index (χ4n) is 2.28. The maximum Gasteiger partial charge on any atom is 0.344 e. The summed E-state index contributed by atoms with van der Waals surface area (Å²) in [6.07, 6.45) is 0.0277. The lowest BCUT2D eigenvalue weighted by Gasteiger charge is -2.10. The summed E-state index contributed by atoms with van der Waals surface area (Å²) >= 11 is 0. The summed E-state index contributed by atoms with van der Waals surface area (Å²) in [5, 5.41) is 7.92. The van der Waals surface area contributed by atoms with Crippen LogP contribution in [0.4, 0.5) is 0 Å². The maximum absolute atomic E-state index is 11.9. The highest BCUT2D eigenvalue weighted by atomic mass is 16.6. The first kappa shape index (κ1) is 18.3. The second kappa shape index (κ2) is 8.27. The highest BCUT2D eigenvalue weighted by molar-refractivity contribution is 5.75. The van der Waals surface area contributed by atoms with Crippen molar-refractivity contribution in [2.24, 2.45) is 0 Å². The lowest BCUT2D eigenvalue weighted by molar-refractivity contribution is -0.152. The van der Waals surface area contributed by atoms with E-state index in [-0.39, 0.29) is 12.5 Å². The van der Waals surface area contributed by atoms with E-state index in [1.807, 2.05) is 31.2 Å². The van der Waals surface area contributed by atoms with Gasteiger partial charge in [-0.1, -0.05) is 17.7 Å². The first-order valence-electron chi connectivity index (χ1n) is 8.33. The Labute approximate surface area is 155 Å². The second-order valence-corrected chi connectivity index (χ2v) is 5.92. The SMILES string of the molecule is Cc1ccc(-c2nnc([C@H](C)OC(=O)COc3ccc(C=O)cc3)o2)cc1. The summed E-state index contributed by atoms with van der Waals surface area (Å²) in [4.78, 5) is 22.6. The molecule has 27 heavy (non-hydrogen) atoms.